The Morgan fingerprint density at radius 1 is 1.33 bits per heavy atom. The van der Waals surface area contributed by atoms with E-state index in [1.165, 1.54) is 0 Å². The number of rotatable bonds is 9. The number of ether oxygens (including phenoxy) is 1. The van der Waals surface area contributed by atoms with Gasteiger partial charge in [-0.3, -0.25) is 4.79 Å². The zero-order valence-electron chi connectivity index (χ0n) is 13.5. The Kier molecular flexibility index (Phi) is 7.83. The predicted octanol–water partition coefficient (Wildman–Crippen LogP) is 2.81. The van der Waals surface area contributed by atoms with E-state index in [9.17, 15) is 4.79 Å². The van der Waals surface area contributed by atoms with Gasteiger partial charge in [0.25, 0.3) is 0 Å². The highest BCUT2D eigenvalue weighted by atomic mass is 16.5. The first-order valence-electron chi connectivity index (χ1n) is 7.68. The number of hydrogen-bond acceptors (Lipinski definition) is 3. The van der Waals surface area contributed by atoms with Crippen molar-refractivity contribution in [2.24, 2.45) is 11.7 Å². The van der Waals surface area contributed by atoms with Gasteiger partial charge in [0, 0.05) is 25.6 Å². The number of hydrogen-bond donors (Lipinski definition) is 1. The number of carbonyl (C=O) groups is 1. The number of nitrogens with zero attached hydrogens (tertiary/aromatic N) is 1. The van der Waals surface area contributed by atoms with E-state index in [2.05, 4.69) is 6.92 Å². The van der Waals surface area contributed by atoms with Crippen molar-refractivity contribution >= 4 is 5.91 Å². The number of benzene rings is 1. The molecule has 0 aliphatic rings. The first-order chi connectivity index (χ1) is 10.1. The van der Waals surface area contributed by atoms with Crippen LogP contribution >= 0.6 is 0 Å². The zero-order valence-corrected chi connectivity index (χ0v) is 13.5. The van der Waals surface area contributed by atoms with Gasteiger partial charge < -0.3 is 15.4 Å². The van der Waals surface area contributed by atoms with Crippen LogP contribution in [0.1, 0.15) is 38.2 Å². The number of amides is 1. The lowest BCUT2D eigenvalue weighted by Crippen LogP contribution is -2.26. The van der Waals surface area contributed by atoms with Crippen LogP contribution in [0.5, 0.6) is 5.75 Å². The molecule has 0 heterocycles. The SMILES string of the molecule is CCC(CCN)CCC(=O)N(C)Cc1ccccc1OC. The van der Waals surface area contributed by atoms with Gasteiger partial charge in [0.1, 0.15) is 5.75 Å². The van der Waals surface area contributed by atoms with Gasteiger partial charge in [-0.25, -0.2) is 0 Å². The maximum Gasteiger partial charge on any atom is 0.222 e. The van der Waals surface area contributed by atoms with Crippen LogP contribution in [0.3, 0.4) is 0 Å². The third-order valence-electron chi connectivity index (χ3n) is 3.94. The van der Waals surface area contributed by atoms with Gasteiger partial charge in [-0.15, -0.1) is 0 Å². The standard InChI is InChI=1S/C17H28N2O2/c1-4-14(11-12-18)9-10-17(20)19(2)13-15-7-5-6-8-16(15)21-3/h5-8,14H,4,9-13,18H2,1-3H3. The molecule has 0 radical (unpaired) electrons. The van der Waals surface area contributed by atoms with Gasteiger partial charge in [0.2, 0.25) is 5.91 Å². The summed E-state index contributed by atoms with van der Waals surface area (Å²) >= 11 is 0. The molecular formula is C17H28N2O2. The van der Waals surface area contributed by atoms with Gasteiger partial charge >= 0.3 is 0 Å². The maximum atomic E-state index is 12.2. The molecule has 21 heavy (non-hydrogen) atoms. The molecule has 0 aliphatic heterocycles. The zero-order chi connectivity index (χ0) is 15.7. The van der Waals surface area contributed by atoms with Crippen molar-refractivity contribution in [2.75, 3.05) is 20.7 Å². The Labute approximate surface area is 128 Å². The van der Waals surface area contributed by atoms with Crippen molar-refractivity contribution in [3.63, 3.8) is 0 Å². The maximum absolute atomic E-state index is 12.2. The number of nitrogens with two attached hydrogens (primary N) is 1. The summed E-state index contributed by atoms with van der Waals surface area (Å²) in [5, 5.41) is 0. The molecule has 2 N–H and O–H groups in total. The van der Waals surface area contributed by atoms with Gasteiger partial charge in [-0.2, -0.15) is 0 Å². The summed E-state index contributed by atoms with van der Waals surface area (Å²) < 4.78 is 5.32. The summed E-state index contributed by atoms with van der Waals surface area (Å²) in [5.74, 6) is 1.56. The van der Waals surface area contributed by atoms with Crippen molar-refractivity contribution in [1.82, 2.24) is 4.90 Å². The average Bonchev–Trinajstić information content (AvgIpc) is 2.51. The molecule has 4 nitrogen and oxygen atoms in total. The number of methoxy groups -OCH3 is 1. The van der Waals surface area contributed by atoms with Crippen LogP contribution in [0.25, 0.3) is 0 Å². The average molecular weight is 292 g/mol. The summed E-state index contributed by atoms with van der Waals surface area (Å²) in [6.07, 6.45) is 3.59. The van der Waals surface area contributed by atoms with E-state index in [1.54, 1.807) is 12.0 Å². The van der Waals surface area contributed by atoms with Crippen molar-refractivity contribution < 1.29 is 9.53 Å². The minimum Gasteiger partial charge on any atom is -0.496 e. The van der Waals surface area contributed by atoms with Gasteiger partial charge in [-0.1, -0.05) is 31.5 Å². The minimum atomic E-state index is 0.177. The molecule has 1 amide bonds. The third kappa shape index (κ3) is 5.76. The van der Waals surface area contributed by atoms with Gasteiger partial charge in [-0.05, 0) is 31.4 Å². The molecule has 118 valence electrons. The van der Waals surface area contributed by atoms with Crippen LogP contribution in [0.15, 0.2) is 24.3 Å². The van der Waals surface area contributed by atoms with E-state index in [1.807, 2.05) is 31.3 Å². The molecule has 0 fully saturated rings. The lowest BCUT2D eigenvalue weighted by atomic mass is 9.96. The molecule has 0 saturated heterocycles. The van der Waals surface area contributed by atoms with Crippen LogP contribution in [-0.2, 0) is 11.3 Å². The lowest BCUT2D eigenvalue weighted by molar-refractivity contribution is -0.130. The van der Waals surface area contributed by atoms with E-state index in [0.717, 1.165) is 30.6 Å². The third-order valence-corrected chi connectivity index (χ3v) is 3.94. The predicted molar refractivity (Wildman–Crippen MR) is 86.2 cm³/mol. The highest BCUT2D eigenvalue weighted by Crippen LogP contribution is 2.20. The second kappa shape index (κ2) is 9.40. The molecule has 1 aromatic rings. The first-order valence-corrected chi connectivity index (χ1v) is 7.68. The summed E-state index contributed by atoms with van der Waals surface area (Å²) in [5.41, 5.74) is 6.63. The van der Waals surface area contributed by atoms with E-state index < -0.39 is 0 Å². The summed E-state index contributed by atoms with van der Waals surface area (Å²) in [6, 6.07) is 7.81. The van der Waals surface area contributed by atoms with Gasteiger partial charge in [0.15, 0.2) is 0 Å². The topological polar surface area (TPSA) is 55.6 Å². The number of para-hydroxylation sites is 1. The van der Waals surface area contributed by atoms with Gasteiger partial charge in [0.05, 0.1) is 7.11 Å². The fraction of sp³-hybridized carbons (Fsp3) is 0.588. The molecule has 0 spiro atoms. The highest BCUT2D eigenvalue weighted by molar-refractivity contribution is 5.75. The summed E-state index contributed by atoms with van der Waals surface area (Å²) in [4.78, 5) is 14.0. The number of carbonyl (C=O) groups excluding carboxylic acids is 1. The van der Waals surface area contributed by atoms with E-state index >= 15 is 0 Å². The fourth-order valence-corrected chi connectivity index (χ4v) is 2.48. The smallest absolute Gasteiger partial charge is 0.222 e. The van der Waals surface area contributed by atoms with E-state index in [-0.39, 0.29) is 5.91 Å². The summed E-state index contributed by atoms with van der Waals surface area (Å²) in [6.45, 7) is 3.43. The summed E-state index contributed by atoms with van der Waals surface area (Å²) in [7, 11) is 3.50. The Morgan fingerprint density at radius 3 is 2.67 bits per heavy atom. The van der Waals surface area contributed by atoms with Crippen LogP contribution in [-0.4, -0.2) is 31.5 Å². The first kappa shape index (κ1) is 17.5. The Morgan fingerprint density at radius 2 is 2.05 bits per heavy atom. The van der Waals surface area contributed by atoms with E-state index in [0.29, 0.717) is 25.4 Å². The van der Waals surface area contributed by atoms with Crippen LogP contribution in [0.2, 0.25) is 0 Å². The largest absolute Gasteiger partial charge is 0.496 e. The molecule has 1 unspecified atom stereocenters. The second-order valence-electron chi connectivity index (χ2n) is 5.45. The van der Waals surface area contributed by atoms with Crippen molar-refractivity contribution in [3.05, 3.63) is 29.8 Å². The highest BCUT2D eigenvalue weighted by Gasteiger charge is 2.14. The molecule has 0 saturated carbocycles. The van der Waals surface area contributed by atoms with Crippen LogP contribution in [0, 0.1) is 5.92 Å². The molecule has 0 aromatic heterocycles. The quantitative estimate of drug-likeness (QED) is 0.761. The Bertz CT molecular complexity index is 435. The van der Waals surface area contributed by atoms with Crippen LogP contribution in [0.4, 0.5) is 0 Å². The normalized spacial score (nSPS) is 12.0. The fourth-order valence-electron chi connectivity index (χ4n) is 2.48. The molecular weight excluding hydrogens is 264 g/mol. The minimum absolute atomic E-state index is 0.177. The van der Waals surface area contributed by atoms with Crippen molar-refractivity contribution in [2.45, 2.75) is 39.2 Å². The van der Waals surface area contributed by atoms with Crippen LogP contribution < -0.4 is 10.5 Å². The Balaban J connectivity index is 2.51. The molecule has 1 aromatic carbocycles. The monoisotopic (exact) mass is 292 g/mol. The molecule has 1 atom stereocenters. The second-order valence-corrected chi connectivity index (χ2v) is 5.45. The van der Waals surface area contributed by atoms with Crippen molar-refractivity contribution in [3.8, 4) is 5.75 Å². The lowest BCUT2D eigenvalue weighted by Gasteiger charge is -2.20. The molecule has 4 heteroatoms. The molecule has 0 bridgehead atoms. The van der Waals surface area contributed by atoms with E-state index in [4.69, 9.17) is 10.5 Å². The molecule has 0 aliphatic carbocycles. The Hall–Kier alpha value is -1.55. The van der Waals surface area contributed by atoms with Crippen molar-refractivity contribution in [1.29, 1.82) is 0 Å². The molecule has 1 rings (SSSR count).